The summed E-state index contributed by atoms with van der Waals surface area (Å²) in [6.45, 7) is 8.28. The summed E-state index contributed by atoms with van der Waals surface area (Å²) in [5.41, 5.74) is 0.245. The third kappa shape index (κ3) is 4.32. The van der Waals surface area contributed by atoms with Crippen molar-refractivity contribution in [2.45, 2.75) is 82.7 Å². The van der Waals surface area contributed by atoms with Crippen molar-refractivity contribution in [3.8, 4) is 0 Å². The van der Waals surface area contributed by atoms with Gasteiger partial charge in [-0.3, -0.25) is 0 Å². The van der Waals surface area contributed by atoms with Crippen LogP contribution in [0.2, 0.25) is 0 Å². The van der Waals surface area contributed by atoms with E-state index in [-0.39, 0.29) is 30.2 Å². The Morgan fingerprint density at radius 2 is 2.14 bits per heavy atom. The lowest BCUT2D eigenvalue weighted by molar-refractivity contribution is -0.214. The number of hydrogen-bond donors (Lipinski definition) is 0. The maximum atomic E-state index is 13.4. The molecule has 0 radical (unpaired) electrons. The van der Waals surface area contributed by atoms with Gasteiger partial charge in [0.05, 0.1) is 19.8 Å². The van der Waals surface area contributed by atoms with Gasteiger partial charge < -0.3 is 23.7 Å². The van der Waals surface area contributed by atoms with E-state index in [4.69, 9.17) is 23.7 Å². The fourth-order valence-electron chi connectivity index (χ4n) is 4.50. The Labute approximate surface area is 173 Å². The SMILES string of the molecule is COC1CN(N(C(=O)OC2CCCCC23CO3)C2(C)OC2CC=C(C)C)CCO1. The highest BCUT2D eigenvalue weighted by molar-refractivity contribution is 5.69. The number of morpholine rings is 1. The van der Waals surface area contributed by atoms with E-state index >= 15 is 0 Å². The predicted molar refractivity (Wildman–Crippen MR) is 105 cm³/mol. The molecule has 0 aromatic heterocycles. The van der Waals surface area contributed by atoms with Gasteiger partial charge >= 0.3 is 6.09 Å². The van der Waals surface area contributed by atoms with Gasteiger partial charge in [0, 0.05) is 13.7 Å². The number of ether oxygens (including phenoxy) is 5. The fraction of sp³-hybridized carbons (Fsp3) is 0.857. The Kier molecular flexibility index (Phi) is 5.92. The molecule has 3 aliphatic heterocycles. The third-order valence-electron chi connectivity index (χ3n) is 6.47. The molecule has 8 nitrogen and oxygen atoms in total. The van der Waals surface area contributed by atoms with Crippen molar-refractivity contribution in [2.75, 3.05) is 33.4 Å². The number of carbonyl (C=O) groups is 1. The predicted octanol–water partition coefficient (Wildman–Crippen LogP) is 2.83. The zero-order valence-corrected chi connectivity index (χ0v) is 18.0. The Bertz CT molecular complexity index is 647. The number of hydrazine groups is 1. The van der Waals surface area contributed by atoms with Crippen LogP contribution in [0.3, 0.4) is 0 Å². The molecule has 3 heterocycles. The average molecular weight is 411 g/mol. The van der Waals surface area contributed by atoms with E-state index in [1.807, 2.05) is 11.9 Å². The summed E-state index contributed by atoms with van der Waals surface area (Å²) in [6.07, 6.45) is 5.90. The summed E-state index contributed by atoms with van der Waals surface area (Å²) in [4.78, 5) is 13.4. The molecule has 3 saturated heterocycles. The van der Waals surface area contributed by atoms with Crippen molar-refractivity contribution in [2.24, 2.45) is 0 Å². The minimum atomic E-state index is -0.731. The molecule has 1 amide bonds. The van der Waals surface area contributed by atoms with E-state index in [1.54, 1.807) is 12.1 Å². The molecule has 4 aliphatic rings. The average Bonchev–Trinajstić information content (AvgIpc) is 3.60. The minimum absolute atomic E-state index is 0.0636. The maximum absolute atomic E-state index is 13.4. The number of methoxy groups -OCH3 is 1. The van der Waals surface area contributed by atoms with Crippen LogP contribution in [0, 0.1) is 0 Å². The van der Waals surface area contributed by atoms with Gasteiger partial charge in [-0.2, -0.15) is 0 Å². The smallest absolute Gasteiger partial charge is 0.427 e. The Hall–Kier alpha value is -1.19. The lowest BCUT2D eigenvalue weighted by Crippen LogP contribution is -2.60. The lowest BCUT2D eigenvalue weighted by atomic mass is 9.87. The maximum Gasteiger partial charge on any atom is 0.427 e. The normalized spacial score (nSPS) is 39.1. The fourth-order valence-corrected chi connectivity index (χ4v) is 4.50. The van der Waals surface area contributed by atoms with Gasteiger partial charge in [0.25, 0.3) is 0 Å². The second kappa shape index (κ2) is 8.15. The zero-order valence-electron chi connectivity index (χ0n) is 18.0. The van der Waals surface area contributed by atoms with Crippen LogP contribution in [0.1, 0.15) is 52.9 Å². The molecule has 29 heavy (non-hydrogen) atoms. The first-order valence-electron chi connectivity index (χ1n) is 10.7. The highest BCUT2D eigenvalue weighted by Crippen LogP contribution is 2.46. The molecule has 8 heteroatoms. The van der Waals surface area contributed by atoms with Crippen molar-refractivity contribution in [3.63, 3.8) is 0 Å². The molecule has 5 atom stereocenters. The van der Waals surface area contributed by atoms with Crippen molar-refractivity contribution in [3.05, 3.63) is 11.6 Å². The second-order valence-electron chi connectivity index (χ2n) is 8.91. The van der Waals surface area contributed by atoms with Gasteiger partial charge in [-0.1, -0.05) is 18.1 Å². The summed E-state index contributed by atoms with van der Waals surface area (Å²) >= 11 is 0. The van der Waals surface area contributed by atoms with E-state index in [1.165, 1.54) is 5.57 Å². The number of nitrogens with zero attached hydrogens (tertiary/aromatic N) is 2. The van der Waals surface area contributed by atoms with Gasteiger partial charge in [0.2, 0.25) is 0 Å². The molecule has 1 spiro atoms. The van der Waals surface area contributed by atoms with Gasteiger partial charge in [0.1, 0.15) is 17.8 Å². The second-order valence-corrected chi connectivity index (χ2v) is 8.91. The van der Waals surface area contributed by atoms with Crippen LogP contribution in [0.15, 0.2) is 11.6 Å². The van der Waals surface area contributed by atoms with E-state index in [9.17, 15) is 4.79 Å². The van der Waals surface area contributed by atoms with Gasteiger partial charge in [0.15, 0.2) is 12.0 Å². The summed E-state index contributed by atoms with van der Waals surface area (Å²) in [5, 5.41) is 3.61. The van der Waals surface area contributed by atoms with Crippen molar-refractivity contribution >= 4 is 6.09 Å². The molecule has 5 unspecified atom stereocenters. The van der Waals surface area contributed by atoms with E-state index < -0.39 is 5.72 Å². The highest BCUT2D eigenvalue weighted by atomic mass is 16.7. The van der Waals surface area contributed by atoms with Crippen LogP contribution in [0.25, 0.3) is 0 Å². The van der Waals surface area contributed by atoms with Gasteiger partial charge in [-0.15, -0.1) is 0 Å². The first-order chi connectivity index (χ1) is 13.9. The number of epoxide rings is 2. The number of carbonyl (C=O) groups excluding carboxylic acids is 1. The van der Waals surface area contributed by atoms with E-state index in [0.717, 1.165) is 32.1 Å². The number of allylic oxidation sites excluding steroid dienone is 1. The van der Waals surface area contributed by atoms with E-state index in [2.05, 4.69) is 19.9 Å². The van der Waals surface area contributed by atoms with E-state index in [0.29, 0.717) is 26.3 Å². The van der Waals surface area contributed by atoms with Gasteiger partial charge in [-0.25, -0.2) is 14.8 Å². The third-order valence-corrected chi connectivity index (χ3v) is 6.47. The molecule has 4 fully saturated rings. The Morgan fingerprint density at radius 1 is 1.34 bits per heavy atom. The number of hydrogen-bond acceptors (Lipinski definition) is 7. The van der Waals surface area contributed by atoms with Gasteiger partial charge in [-0.05, 0) is 46.5 Å². The monoisotopic (exact) mass is 410 g/mol. The quantitative estimate of drug-likeness (QED) is 0.492. The van der Waals surface area contributed by atoms with Crippen LogP contribution in [0.4, 0.5) is 4.79 Å². The molecule has 0 aromatic rings. The molecule has 0 N–H and O–H groups in total. The topological polar surface area (TPSA) is 76.3 Å². The summed E-state index contributed by atoms with van der Waals surface area (Å²) in [7, 11) is 1.61. The molecule has 164 valence electrons. The first-order valence-corrected chi connectivity index (χ1v) is 10.7. The molecular weight excluding hydrogens is 376 g/mol. The Balaban J connectivity index is 1.50. The largest absolute Gasteiger partial charge is 0.442 e. The molecule has 4 rings (SSSR count). The number of amides is 1. The summed E-state index contributed by atoms with van der Waals surface area (Å²) in [5.74, 6) is 0. The summed E-state index contributed by atoms with van der Waals surface area (Å²) < 4.78 is 28.8. The molecule has 0 aromatic carbocycles. The van der Waals surface area contributed by atoms with Crippen molar-refractivity contribution in [1.82, 2.24) is 10.0 Å². The standard InChI is InChI=1S/C21H34N2O6/c1-15(2)8-9-16-20(3,29-16)23(22-11-12-26-18(13-22)25-4)19(24)28-17-7-5-6-10-21(17)14-27-21/h8,16-18H,5-7,9-14H2,1-4H3. The molecule has 1 saturated carbocycles. The highest BCUT2D eigenvalue weighted by Gasteiger charge is 2.62. The first kappa shape index (κ1) is 21.1. The molecular formula is C21H34N2O6. The van der Waals surface area contributed by atoms with Crippen LogP contribution >= 0.6 is 0 Å². The van der Waals surface area contributed by atoms with Crippen molar-refractivity contribution in [1.29, 1.82) is 0 Å². The summed E-state index contributed by atoms with van der Waals surface area (Å²) in [6, 6.07) is 0. The molecule has 0 bridgehead atoms. The number of rotatable bonds is 6. The zero-order chi connectivity index (χ0) is 20.6. The minimum Gasteiger partial charge on any atom is -0.442 e. The van der Waals surface area contributed by atoms with Crippen LogP contribution < -0.4 is 0 Å². The van der Waals surface area contributed by atoms with Crippen LogP contribution in [-0.2, 0) is 23.7 Å². The lowest BCUT2D eigenvalue weighted by Gasteiger charge is -2.42. The molecule has 1 aliphatic carbocycles. The van der Waals surface area contributed by atoms with Crippen LogP contribution in [-0.4, -0.2) is 79.3 Å². The van der Waals surface area contributed by atoms with Crippen LogP contribution in [0.5, 0.6) is 0 Å². The Morgan fingerprint density at radius 3 is 2.83 bits per heavy atom. The van der Waals surface area contributed by atoms with Crippen molar-refractivity contribution < 1.29 is 28.5 Å².